The number of fused-ring (bicyclic) bond motifs is 2. The van der Waals surface area contributed by atoms with Crippen LogP contribution in [0.15, 0.2) is 30.3 Å². The molecule has 2 N–H and O–H groups in total. The van der Waals surface area contributed by atoms with Crippen LogP contribution in [0, 0.1) is 11.7 Å². The maximum atomic E-state index is 16.7. The molecule has 1 aromatic heterocycles. The number of aliphatic hydroxyl groups is 1. The van der Waals surface area contributed by atoms with Crippen LogP contribution in [0.25, 0.3) is 10.9 Å². The Bertz CT molecular complexity index is 1480. The van der Waals surface area contributed by atoms with E-state index in [1.54, 1.807) is 32.0 Å². The second-order valence-electron chi connectivity index (χ2n) is 11.1. The monoisotopic (exact) mass is 582 g/mol. The number of nitrogens with zero attached hydrogens (tertiary/aromatic N) is 5. The van der Waals surface area contributed by atoms with E-state index < -0.39 is 17.8 Å². The Hall–Kier alpha value is -3.50. The van der Waals surface area contributed by atoms with E-state index in [9.17, 15) is 14.7 Å². The van der Waals surface area contributed by atoms with Crippen molar-refractivity contribution < 1.29 is 19.1 Å². The van der Waals surface area contributed by atoms with Gasteiger partial charge >= 0.3 is 0 Å². The van der Waals surface area contributed by atoms with Gasteiger partial charge in [0.2, 0.25) is 17.8 Å². The molecule has 3 atom stereocenters. The maximum absolute atomic E-state index is 16.7. The number of hydrogen-bond donors (Lipinski definition) is 2. The number of anilines is 2. The highest BCUT2D eigenvalue weighted by Crippen LogP contribution is 2.46. The van der Waals surface area contributed by atoms with Crippen molar-refractivity contribution in [3.05, 3.63) is 57.9 Å². The highest BCUT2D eigenvalue weighted by Gasteiger charge is 2.37. The van der Waals surface area contributed by atoms with Gasteiger partial charge in [0.05, 0.1) is 6.10 Å². The molecule has 0 radical (unpaired) electrons. The number of aromatic nitrogens is 2. The van der Waals surface area contributed by atoms with E-state index in [2.05, 4.69) is 10.3 Å². The van der Waals surface area contributed by atoms with Crippen LogP contribution in [0.5, 0.6) is 0 Å². The standard InChI is InChI=1S/C30H36ClFN6O3/c1-17-23(40)15-19-7-5-6-8-20(19)25(17)26-22(31)16-21-28(27(26)32)34-30(33-10-9-24(41)36(3)4)35-29(21)38-13-11-37(12-14-38)18(2)39/h5-8,16-17,23,25,40H,9-15H2,1-4H3,(H,33,34,35)/t17-,23+,25?/m1/s1. The molecule has 1 unspecified atom stereocenters. The Labute approximate surface area is 244 Å². The van der Waals surface area contributed by atoms with Gasteiger partial charge < -0.3 is 25.1 Å². The number of carbonyl (C=O) groups excluding carboxylic acids is 2. The number of piperazine rings is 1. The Morgan fingerprint density at radius 1 is 1.17 bits per heavy atom. The summed E-state index contributed by atoms with van der Waals surface area (Å²) in [7, 11) is 3.38. The fraction of sp³-hybridized carbons (Fsp3) is 0.467. The first kappa shape index (κ1) is 29.0. The second kappa shape index (κ2) is 11.8. The van der Waals surface area contributed by atoms with Gasteiger partial charge in [-0.2, -0.15) is 4.98 Å². The minimum atomic E-state index is -0.647. The molecule has 2 aromatic carbocycles. The average molecular weight is 583 g/mol. The van der Waals surface area contributed by atoms with Crippen molar-refractivity contribution in [2.45, 2.75) is 38.7 Å². The predicted molar refractivity (Wildman–Crippen MR) is 158 cm³/mol. The van der Waals surface area contributed by atoms with Gasteiger partial charge in [-0.15, -0.1) is 0 Å². The summed E-state index contributed by atoms with van der Waals surface area (Å²) in [6.07, 6.45) is 0.0776. The molecule has 11 heteroatoms. The number of carbonyl (C=O) groups is 2. The van der Waals surface area contributed by atoms with Gasteiger partial charge in [-0.25, -0.2) is 9.37 Å². The van der Waals surface area contributed by atoms with E-state index in [1.807, 2.05) is 36.1 Å². The molecule has 3 aromatic rings. The van der Waals surface area contributed by atoms with Crippen molar-refractivity contribution in [2.24, 2.45) is 5.92 Å². The first-order valence-electron chi connectivity index (χ1n) is 14.0. The SMILES string of the molecule is CC(=O)N1CCN(c2nc(NCCC(=O)N(C)C)nc3c(F)c(C4c5ccccc5C[C@H](O)[C@H]4C)c(Cl)cc23)CC1. The molecule has 1 aliphatic heterocycles. The molecule has 2 amide bonds. The Balaban J connectivity index is 1.61. The topological polar surface area (TPSA) is 102 Å². The fourth-order valence-corrected chi connectivity index (χ4v) is 6.21. The van der Waals surface area contributed by atoms with E-state index in [0.29, 0.717) is 49.4 Å². The van der Waals surface area contributed by atoms with Gasteiger partial charge in [0, 0.05) is 82.1 Å². The lowest BCUT2D eigenvalue weighted by atomic mass is 9.71. The zero-order valence-corrected chi connectivity index (χ0v) is 24.6. The number of rotatable bonds is 6. The molecule has 0 spiro atoms. The number of nitrogens with one attached hydrogen (secondary N) is 1. The number of halogens is 2. The van der Waals surface area contributed by atoms with Crippen molar-refractivity contribution >= 4 is 46.1 Å². The van der Waals surface area contributed by atoms with Gasteiger partial charge in [0.1, 0.15) is 11.3 Å². The molecule has 2 heterocycles. The molecule has 1 aliphatic carbocycles. The molecule has 2 aliphatic rings. The molecule has 218 valence electrons. The average Bonchev–Trinajstić information content (AvgIpc) is 2.95. The highest BCUT2D eigenvalue weighted by atomic mass is 35.5. The van der Waals surface area contributed by atoms with Crippen LogP contribution in [-0.4, -0.2) is 89.6 Å². The molecular weight excluding hydrogens is 547 g/mol. The zero-order chi connectivity index (χ0) is 29.4. The summed E-state index contributed by atoms with van der Waals surface area (Å²) in [6.45, 7) is 5.81. The van der Waals surface area contributed by atoms with Crippen molar-refractivity contribution in [1.82, 2.24) is 19.8 Å². The minimum Gasteiger partial charge on any atom is -0.392 e. The van der Waals surface area contributed by atoms with E-state index in [1.165, 1.54) is 4.90 Å². The van der Waals surface area contributed by atoms with Gasteiger partial charge in [0.25, 0.3) is 0 Å². The molecule has 1 saturated heterocycles. The summed E-state index contributed by atoms with van der Waals surface area (Å²) < 4.78 is 16.7. The molecule has 5 rings (SSSR count). The van der Waals surface area contributed by atoms with Crippen molar-refractivity contribution in [3.63, 3.8) is 0 Å². The highest BCUT2D eigenvalue weighted by molar-refractivity contribution is 6.32. The summed E-state index contributed by atoms with van der Waals surface area (Å²) >= 11 is 6.88. The normalized spacial score (nSPS) is 20.6. The largest absolute Gasteiger partial charge is 0.392 e. The Morgan fingerprint density at radius 2 is 1.88 bits per heavy atom. The lowest BCUT2D eigenvalue weighted by Crippen LogP contribution is -2.48. The van der Waals surface area contributed by atoms with Crippen LogP contribution in [0.4, 0.5) is 16.2 Å². The van der Waals surface area contributed by atoms with Gasteiger partial charge in [0.15, 0.2) is 5.82 Å². The summed E-state index contributed by atoms with van der Waals surface area (Å²) in [4.78, 5) is 38.6. The van der Waals surface area contributed by atoms with Crippen LogP contribution in [0.1, 0.15) is 42.9 Å². The second-order valence-corrected chi connectivity index (χ2v) is 11.5. The van der Waals surface area contributed by atoms with Gasteiger partial charge in [-0.1, -0.05) is 42.8 Å². The van der Waals surface area contributed by atoms with E-state index in [-0.39, 0.29) is 47.2 Å². The predicted octanol–water partition coefficient (Wildman–Crippen LogP) is 3.67. The number of hydrogen-bond acceptors (Lipinski definition) is 7. The maximum Gasteiger partial charge on any atom is 0.225 e. The van der Waals surface area contributed by atoms with Crippen LogP contribution in [0.3, 0.4) is 0 Å². The van der Waals surface area contributed by atoms with E-state index >= 15 is 4.39 Å². The minimum absolute atomic E-state index is 0.00733. The summed E-state index contributed by atoms with van der Waals surface area (Å²) in [6, 6.07) is 9.49. The molecule has 0 bridgehead atoms. The Kier molecular flexibility index (Phi) is 8.33. The van der Waals surface area contributed by atoms with Crippen LogP contribution in [0.2, 0.25) is 5.02 Å². The van der Waals surface area contributed by atoms with Crippen molar-refractivity contribution in [2.75, 3.05) is 57.0 Å². The van der Waals surface area contributed by atoms with Crippen molar-refractivity contribution in [3.8, 4) is 0 Å². The summed E-state index contributed by atoms with van der Waals surface area (Å²) in [5, 5.41) is 14.7. The van der Waals surface area contributed by atoms with E-state index in [4.69, 9.17) is 16.6 Å². The van der Waals surface area contributed by atoms with Gasteiger partial charge in [-0.3, -0.25) is 9.59 Å². The molecular formula is C30H36ClFN6O3. The van der Waals surface area contributed by atoms with Crippen LogP contribution < -0.4 is 10.2 Å². The smallest absolute Gasteiger partial charge is 0.225 e. The third-order valence-corrected chi connectivity index (χ3v) is 8.62. The summed E-state index contributed by atoms with van der Waals surface area (Å²) in [5.74, 6) is -0.604. The van der Waals surface area contributed by atoms with E-state index in [0.717, 1.165) is 11.1 Å². The Morgan fingerprint density at radius 3 is 2.56 bits per heavy atom. The molecule has 1 fully saturated rings. The van der Waals surface area contributed by atoms with Gasteiger partial charge in [-0.05, 0) is 29.5 Å². The number of benzene rings is 2. The lowest BCUT2D eigenvalue weighted by Gasteiger charge is -2.37. The number of aliphatic hydroxyl groups excluding tert-OH is 1. The van der Waals surface area contributed by atoms with Crippen molar-refractivity contribution in [1.29, 1.82) is 0 Å². The molecule has 0 saturated carbocycles. The molecule has 41 heavy (non-hydrogen) atoms. The quantitative estimate of drug-likeness (QED) is 0.457. The lowest BCUT2D eigenvalue weighted by molar-refractivity contribution is -0.129. The zero-order valence-electron chi connectivity index (χ0n) is 23.8. The first-order chi connectivity index (χ1) is 19.6. The van der Waals surface area contributed by atoms with Crippen LogP contribution in [-0.2, 0) is 16.0 Å². The molecule has 9 nitrogen and oxygen atoms in total. The first-order valence-corrected chi connectivity index (χ1v) is 14.3. The summed E-state index contributed by atoms with van der Waals surface area (Å²) in [5.41, 5.74) is 2.34. The van der Waals surface area contributed by atoms with Crippen LogP contribution >= 0.6 is 11.6 Å². The number of amides is 2. The fourth-order valence-electron chi connectivity index (χ4n) is 5.90. The third kappa shape index (κ3) is 5.67. The third-order valence-electron chi connectivity index (χ3n) is 8.31.